The second kappa shape index (κ2) is 6.04. The van der Waals surface area contributed by atoms with E-state index in [-0.39, 0.29) is 12.5 Å². The Morgan fingerprint density at radius 3 is 2.95 bits per heavy atom. The average Bonchev–Trinajstić information content (AvgIpc) is 2.85. The van der Waals surface area contributed by atoms with Gasteiger partial charge in [-0.25, -0.2) is 4.98 Å². The van der Waals surface area contributed by atoms with Gasteiger partial charge in [-0.2, -0.15) is 0 Å². The molecule has 0 fully saturated rings. The molecule has 0 spiro atoms. The normalized spacial score (nSPS) is 9.75. The molecule has 20 heavy (non-hydrogen) atoms. The van der Waals surface area contributed by atoms with Crippen LogP contribution in [0.25, 0.3) is 0 Å². The molecular weight excluding hydrogens is 254 g/mol. The van der Waals surface area contributed by atoms with Gasteiger partial charge in [0, 0.05) is 12.6 Å². The van der Waals surface area contributed by atoms with Gasteiger partial charge < -0.3 is 15.0 Å². The van der Waals surface area contributed by atoms with Crippen molar-refractivity contribution in [3.8, 4) is 11.8 Å². The topological polar surface area (TPSA) is 67.2 Å². The molecule has 0 radical (unpaired) electrons. The van der Waals surface area contributed by atoms with Crippen LogP contribution in [0.2, 0.25) is 0 Å². The summed E-state index contributed by atoms with van der Waals surface area (Å²) in [6.07, 6.45) is 3.07. The number of hydrogen-bond donors (Lipinski definition) is 2. The molecule has 0 aliphatic heterocycles. The van der Waals surface area contributed by atoms with E-state index in [0.29, 0.717) is 16.9 Å². The van der Waals surface area contributed by atoms with Crippen LogP contribution >= 0.6 is 0 Å². The van der Waals surface area contributed by atoms with E-state index in [4.69, 9.17) is 5.11 Å². The van der Waals surface area contributed by atoms with Crippen LogP contribution in [0.5, 0.6) is 0 Å². The highest BCUT2D eigenvalue weighted by molar-refractivity contribution is 6.03. The summed E-state index contributed by atoms with van der Waals surface area (Å²) in [6.45, 7) is 1.72. The van der Waals surface area contributed by atoms with Gasteiger partial charge in [-0.3, -0.25) is 4.79 Å². The molecule has 0 saturated carbocycles. The largest absolute Gasteiger partial charge is 0.384 e. The summed E-state index contributed by atoms with van der Waals surface area (Å²) < 4.78 is 1.64. The summed E-state index contributed by atoms with van der Waals surface area (Å²) in [4.78, 5) is 16.0. The van der Waals surface area contributed by atoms with Gasteiger partial charge in [-0.15, -0.1) is 0 Å². The van der Waals surface area contributed by atoms with Crippen LogP contribution < -0.4 is 5.32 Å². The van der Waals surface area contributed by atoms with Gasteiger partial charge in [-0.05, 0) is 24.6 Å². The Balaban J connectivity index is 2.29. The van der Waals surface area contributed by atoms with E-state index in [1.807, 2.05) is 19.1 Å². The minimum Gasteiger partial charge on any atom is -0.384 e. The van der Waals surface area contributed by atoms with Crippen LogP contribution in [-0.2, 0) is 7.05 Å². The van der Waals surface area contributed by atoms with E-state index in [1.54, 1.807) is 24.0 Å². The fourth-order valence-corrected chi connectivity index (χ4v) is 1.77. The fourth-order valence-electron chi connectivity index (χ4n) is 1.77. The molecule has 1 heterocycles. The Kier molecular flexibility index (Phi) is 4.18. The fraction of sp³-hybridized carbons (Fsp3) is 0.200. The Morgan fingerprint density at radius 2 is 2.30 bits per heavy atom. The highest BCUT2D eigenvalue weighted by atomic mass is 16.2. The molecule has 0 bridgehead atoms. The molecule has 0 aliphatic carbocycles. The first kappa shape index (κ1) is 13.8. The zero-order valence-electron chi connectivity index (χ0n) is 11.3. The molecular formula is C15H15N3O2. The number of carbonyl (C=O) groups excluding carboxylic acids is 1. The number of aliphatic hydroxyl groups is 1. The van der Waals surface area contributed by atoms with Gasteiger partial charge in [0.2, 0.25) is 0 Å². The predicted molar refractivity (Wildman–Crippen MR) is 76.3 cm³/mol. The number of benzene rings is 1. The van der Waals surface area contributed by atoms with E-state index in [1.165, 1.54) is 6.20 Å². The van der Waals surface area contributed by atoms with Gasteiger partial charge in [-0.1, -0.05) is 17.9 Å². The quantitative estimate of drug-likeness (QED) is 0.808. The average molecular weight is 269 g/mol. The molecule has 0 atom stereocenters. The third-order valence-corrected chi connectivity index (χ3v) is 2.77. The molecule has 102 valence electrons. The lowest BCUT2D eigenvalue weighted by Crippen LogP contribution is -2.16. The highest BCUT2D eigenvalue weighted by Gasteiger charge is 2.11. The molecule has 2 rings (SSSR count). The van der Waals surface area contributed by atoms with Crippen LogP contribution in [0, 0.1) is 18.8 Å². The van der Waals surface area contributed by atoms with Gasteiger partial charge >= 0.3 is 0 Å². The number of hydrogen-bond acceptors (Lipinski definition) is 3. The number of aryl methyl sites for hydroxylation is 2. The predicted octanol–water partition coefficient (Wildman–Crippen LogP) is 1.32. The van der Waals surface area contributed by atoms with E-state index in [9.17, 15) is 4.79 Å². The van der Waals surface area contributed by atoms with Crippen molar-refractivity contribution < 1.29 is 9.90 Å². The van der Waals surface area contributed by atoms with Gasteiger partial charge in [0.1, 0.15) is 12.3 Å². The van der Waals surface area contributed by atoms with Gasteiger partial charge in [0.25, 0.3) is 5.91 Å². The zero-order chi connectivity index (χ0) is 14.5. The van der Waals surface area contributed by atoms with Crippen LogP contribution in [0.4, 0.5) is 5.69 Å². The molecule has 2 N–H and O–H groups in total. The van der Waals surface area contributed by atoms with Crippen molar-refractivity contribution in [2.45, 2.75) is 6.92 Å². The van der Waals surface area contributed by atoms with E-state index < -0.39 is 0 Å². The lowest BCUT2D eigenvalue weighted by molar-refractivity contribution is 0.101. The standard InChI is InChI=1S/C15H15N3O2/c1-11-5-6-13(12(8-11)4-3-7-19)17-15(20)14-9-16-10-18(14)2/h5-6,8-10,19H,7H2,1-2H3,(H,17,20). The first-order valence-corrected chi connectivity index (χ1v) is 6.10. The van der Waals surface area contributed by atoms with Crippen LogP contribution in [-0.4, -0.2) is 27.2 Å². The third-order valence-electron chi connectivity index (χ3n) is 2.77. The van der Waals surface area contributed by atoms with E-state index in [2.05, 4.69) is 22.1 Å². The Labute approximate surface area is 117 Å². The van der Waals surface area contributed by atoms with Crippen molar-refractivity contribution in [1.29, 1.82) is 0 Å². The number of imidazole rings is 1. The summed E-state index contributed by atoms with van der Waals surface area (Å²) in [5, 5.41) is 11.6. The maximum absolute atomic E-state index is 12.1. The summed E-state index contributed by atoms with van der Waals surface area (Å²) in [5.74, 6) is 5.17. The molecule has 2 aromatic rings. The maximum Gasteiger partial charge on any atom is 0.273 e. The van der Waals surface area contributed by atoms with Crippen molar-refractivity contribution >= 4 is 11.6 Å². The van der Waals surface area contributed by atoms with Crippen LogP contribution in [0.1, 0.15) is 21.6 Å². The lowest BCUT2D eigenvalue weighted by Gasteiger charge is -2.08. The second-order valence-electron chi connectivity index (χ2n) is 4.35. The summed E-state index contributed by atoms with van der Waals surface area (Å²) >= 11 is 0. The lowest BCUT2D eigenvalue weighted by atomic mass is 10.1. The van der Waals surface area contributed by atoms with E-state index >= 15 is 0 Å². The van der Waals surface area contributed by atoms with Crippen LogP contribution in [0.3, 0.4) is 0 Å². The molecule has 5 nitrogen and oxygen atoms in total. The zero-order valence-corrected chi connectivity index (χ0v) is 11.3. The number of nitrogens with one attached hydrogen (secondary N) is 1. The van der Waals surface area contributed by atoms with Crippen molar-refractivity contribution in [1.82, 2.24) is 9.55 Å². The van der Waals surface area contributed by atoms with Crippen LogP contribution in [0.15, 0.2) is 30.7 Å². The number of rotatable bonds is 2. The van der Waals surface area contributed by atoms with Crippen molar-refractivity contribution in [3.05, 3.63) is 47.5 Å². The number of carbonyl (C=O) groups is 1. The monoisotopic (exact) mass is 269 g/mol. The maximum atomic E-state index is 12.1. The summed E-state index contributed by atoms with van der Waals surface area (Å²) in [5.41, 5.74) is 2.79. The molecule has 0 unspecified atom stereocenters. The molecule has 0 aliphatic rings. The number of amides is 1. The molecule has 1 aromatic carbocycles. The first-order valence-electron chi connectivity index (χ1n) is 6.10. The minimum atomic E-state index is -0.249. The smallest absolute Gasteiger partial charge is 0.273 e. The molecule has 1 aromatic heterocycles. The molecule has 0 saturated heterocycles. The molecule has 5 heteroatoms. The van der Waals surface area contributed by atoms with Crippen molar-refractivity contribution in [2.75, 3.05) is 11.9 Å². The van der Waals surface area contributed by atoms with Gasteiger partial charge in [0.05, 0.1) is 18.2 Å². The third kappa shape index (κ3) is 3.05. The highest BCUT2D eigenvalue weighted by Crippen LogP contribution is 2.17. The number of aliphatic hydroxyl groups excluding tert-OH is 1. The summed E-state index contributed by atoms with van der Waals surface area (Å²) in [6, 6.07) is 5.55. The SMILES string of the molecule is Cc1ccc(NC(=O)c2cncn2C)c(C#CCO)c1. The van der Waals surface area contributed by atoms with Crippen molar-refractivity contribution in [3.63, 3.8) is 0 Å². The van der Waals surface area contributed by atoms with Gasteiger partial charge in [0.15, 0.2) is 0 Å². The Hall–Kier alpha value is -2.58. The van der Waals surface area contributed by atoms with Crippen molar-refractivity contribution in [2.24, 2.45) is 7.05 Å². The minimum absolute atomic E-state index is 0.219. The Bertz CT molecular complexity index is 693. The Morgan fingerprint density at radius 1 is 1.50 bits per heavy atom. The number of anilines is 1. The number of nitrogens with zero attached hydrogens (tertiary/aromatic N) is 2. The second-order valence-corrected chi connectivity index (χ2v) is 4.35. The molecule has 1 amide bonds. The summed E-state index contributed by atoms with van der Waals surface area (Å²) in [7, 11) is 1.75. The first-order chi connectivity index (χ1) is 9.61. The number of aromatic nitrogens is 2. The van der Waals surface area contributed by atoms with E-state index in [0.717, 1.165) is 5.56 Å².